The fourth-order valence-electron chi connectivity index (χ4n) is 1.79. The molecular formula is C13H22N2O3. The number of likely N-dealkylation sites (tertiary alicyclic amines) is 1. The van der Waals surface area contributed by atoms with Gasteiger partial charge < -0.3 is 9.64 Å². The molecule has 102 valence electrons. The van der Waals surface area contributed by atoms with E-state index in [-0.39, 0.29) is 18.4 Å². The van der Waals surface area contributed by atoms with Gasteiger partial charge in [0.1, 0.15) is 5.60 Å². The van der Waals surface area contributed by atoms with E-state index in [0.717, 1.165) is 0 Å². The molecule has 0 saturated carbocycles. The highest BCUT2D eigenvalue weighted by Crippen LogP contribution is 2.23. The molecule has 1 amide bonds. The van der Waals surface area contributed by atoms with E-state index in [1.807, 2.05) is 46.7 Å². The maximum atomic E-state index is 12.0. The Balaban J connectivity index is 2.83. The average Bonchev–Trinajstić information content (AvgIpc) is 2.42. The van der Waals surface area contributed by atoms with Gasteiger partial charge in [-0.2, -0.15) is 0 Å². The van der Waals surface area contributed by atoms with Gasteiger partial charge in [0.25, 0.3) is 0 Å². The van der Waals surface area contributed by atoms with Crippen LogP contribution in [0.3, 0.4) is 0 Å². The van der Waals surface area contributed by atoms with Crippen LogP contribution in [0.4, 0.5) is 4.79 Å². The Morgan fingerprint density at radius 3 is 2.44 bits per heavy atom. The van der Waals surface area contributed by atoms with Crippen LogP contribution in [0.25, 0.3) is 0 Å². The molecule has 1 atom stereocenters. The summed E-state index contributed by atoms with van der Waals surface area (Å²) in [6.45, 7) is 7.36. The number of ketones is 1. The third-order valence-electron chi connectivity index (χ3n) is 2.58. The van der Waals surface area contributed by atoms with Gasteiger partial charge in [-0.15, -0.1) is 0 Å². The molecule has 1 fully saturated rings. The molecule has 5 nitrogen and oxygen atoms in total. The predicted molar refractivity (Wildman–Crippen MR) is 69.2 cm³/mol. The first kappa shape index (κ1) is 14.5. The molecule has 0 aromatic rings. The van der Waals surface area contributed by atoms with E-state index in [9.17, 15) is 9.59 Å². The molecule has 0 spiro atoms. The van der Waals surface area contributed by atoms with E-state index in [1.54, 1.807) is 6.20 Å². The van der Waals surface area contributed by atoms with E-state index in [1.165, 1.54) is 4.90 Å². The highest BCUT2D eigenvalue weighted by Gasteiger charge is 2.38. The van der Waals surface area contributed by atoms with Crippen molar-refractivity contribution in [3.63, 3.8) is 0 Å². The second-order valence-electron chi connectivity index (χ2n) is 5.76. The minimum absolute atomic E-state index is 0.0259. The number of ether oxygens (including phenoxy) is 1. The molecule has 1 rings (SSSR count). The number of carbonyl (C=O) groups is 2. The van der Waals surface area contributed by atoms with Gasteiger partial charge in [-0.25, -0.2) is 4.79 Å². The third-order valence-corrected chi connectivity index (χ3v) is 2.58. The topological polar surface area (TPSA) is 49.9 Å². The standard InChI is InChI=1S/C13H22N2O3/c1-9-10(7-14(5)6)11(16)8-15(9)12(17)18-13(2,3)4/h7,9H,8H2,1-6H3. The Labute approximate surface area is 108 Å². The van der Waals surface area contributed by atoms with E-state index < -0.39 is 11.7 Å². The van der Waals surface area contributed by atoms with Gasteiger partial charge in [0.05, 0.1) is 12.6 Å². The lowest BCUT2D eigenvalue weighted by molar-refractivity contribution is -0.114. The first-order valence-corrected chi connectivity index (χ1v) is 6.03. The molecule has 5 heteroatoms. The molecule has 1 unspecified atom stereocenters. The average molecular weight is 254 g/mol. The molecule has 0 aliphatic carbocycles. The van der Waals surface area contributed by atoms with Gasteiger partial charge in [0.2, 0.25) is 0 Å². The van der Waals surface area contributed by atoms with Gasteiger partial charge >= 0.3 is 6.09 Å². The summed E-state index contributed by atoms with van der Waals surface area (Å²) in [5.41, 5.74) is 0.0966. The Bertz CT molecular complexity index is 380. The summed E-state index contributed by atoms with van der Waals surface area (Å²) in [6.07, 6.45) is 1.32. The van der Waals surface area contributed by atoms with Crippen LogP contribution in [0.2, 0.25) is 0 Å². The van der Waals surface area contributed by atoms with E-state index in [4.69, 9.17) is 4.74 Å². The second kappa shape index (κ2) is 5.00. The lowest BCUT2D eigenvalue weighted by atomic mass is 10.1. The number of amides is 1. The van der Waals surface area contributed by atoms with Crippen LogP contribution < -0.4 is 0 Å². The first-order chi connectivity index (χ1) is 8.11. The number of nitrogens with zero attached hydrogens (tertiary/aromatic N) is 2. The molecular weight excluding hydrogens is 232 g/mol. The first-order valence-electron chi connectivity index (χ1n) is 6.03. The molecule has 0 bridgehead atoms. The van der Waals surface area contributed by atoms with Gasteiger partial charge in [-0.3, -0.25) is 9.69 Å². The van der Waals surface area contributed by atoms with Crippen molar-refractivity contribution in [2.45, 2.75) is 39.3 Å². The predicted octanol–water partition coefficient (Wildman–Crippen LogP) is 1.64. The summed E-state index contributed by atoms with van der Waals surface area (Å²) in [5.74, 6) is -0.0259. The fraction of sp³-hybridized carbons (Fsp3) is 0.692. The van der Waals surface area contributed by atoms with Crippen molar-refractivity contribution in [2.24, 2.45) is 0 Å². The summed E-state index contributed by atoms with van der Waals surface area (Å²) in [7, 11) is 3.70. The van der Waals surface area contributed by atoms with Crippen LogP contribution in [0.5, 0.6) is 0 Å². The highest BCUT2D eigenvalue weighted by atomic mass is 16.6. The largest absolute Gasteiger partial charge is 0.444 e. The molecule has 1 heterocycles. The Morgan fingerprint density at radius 2 is 2.00 bits per heavy atom. The second-order valence-corrected chi connectivity index (χ2v) is 5.76. The number of rotatable bonds is 1. The summed E-state index contributed by atoms with van der Waals surface area (Å²) in [4.78, 5) is 27.1. The van der Waals surface area contributed by atoms with E-state index in [0.29, 0.717) is 5.57 Å². The van der Waals surface area contributed by atoms with Crippen molar-refractivity contribution in [3.8, 4) is 0 Å². The number of carbonyl (C=O) groups excluding carboxylic acids is 2. The minimum atomic E-state index is -0.548. The van der Waals surface area contributed by atoms with E-state index in [2.05, 4.69) is 0 Å². The third kappa shape index (κ3) is 3.48. The normalized spacial score (nSPS) is 22.6. The zero-order valence-electron chi connectivity index (χ0n) is 12.0. The summed E-state index contributed by atoms with van der Waals surface area (Å²) in [6, 6.07) is -0.241. The Hall–Kier alpha value is -1.52. The molecule has 0 aromatic heterocycles. The zero-order chi connectivity index (χ0) is 14.1. The van der Waals surface area contributed by atoms with Crippen molar-refractivity contribution >= 4 is 11.9 Å². The maximum absolute atomic E-state index is 12.0. The van der Waals surface area contributed by atoms with E-state index >= 15 is 0 Å². The molecule has 18 heavy (non-hydrogen) atoms. The van der Waals surface area contributed by atoms with Crippen molar-refractivity contribution < 1.29 is 14.3 Å². The van der Waals surface area contributed by atoms with Crippen LogP contribution in [-0.2, 0) is 9.53 Å². The van der Waals surface area contributed by atoms with Crippen molar-refractivity contribution in [1.29, 1.82) is 0 Å². The van der Waals surface area contributed by atoms with Gasteiger partial charge in [0.15, 0.2) is 5.78 Å². The molecule has 0 N–H and O–H groups in total. The number of hydrogen-bond acceptors (Lipinski definition) is 4. The monoisotopic (exact) mass is 254 g/mol. The molecule has 1 aliphatic rings. The summed E-state index contributed by atoms with van der Waals surface area (Å²) < 4.78 is 5.29. The SMILES string of the molecule is CC1C(=CN(C)C)C(=O)CN1C(=O)OC(C)(C)C. The lowest BCUT2D eigenvalue weighted by Crippen LogP contribution is -2.39. The summed E-state index contributed by atoms with van der Waals surface area (Å²) >= 11 is 0. The smallest absolute Gasteiger partial charge is 0.411 e. The zero-order valence-corrected chi connectivity index (χ0v) is 12.0. The lowest BCUT2D eigenvalue weighted by Gasteiger charge is -2.26. The van der Waals surface area contributed by atoms with Crippen LogP contribution >= 0.6 is 0 Å². The summed E-state index contributed by atoms with van der Waals surface area (Å²) in [5, 5.41) is 0. The van der Waals surface area contributed by atoms with Gasteiger partial charge in [-0.1, -0.05) is 0 Å². The molecule has 0 radical (unpaired) electrons. The number of hydrogen-bond donors (Lipinski definition) is 0. The quantitative estimate of drug-likeness (QED) is 0.667. The Morgan fingerprint density at radius 1 is 1.44 bits per heavy atom. The van der Waals surface area contributed by atoms with Crippen molar-refractivity contribution in [3.05, 3.63) is 11.8 Å². The van der Waals surface area contributed by atoms with Crippen LogP contribution in [0.1, 0.15) is 27.7 Å². The molecule has 1 aliphatic heterocycles. The van der Waals surface area contributed by atoms with Crippen LogP contribution in [0.15, 0.2) is 11.8 Å². The number of Topliss-reactive ketones (excluding diaryl/α,β-unsaturated/α-hetero) is 1. The molecule has 1 saturated heterocycles. The molecule has 0 aromatic carbocycles. The highest BCUT2D eigenvalue weighted by molar-refractivity contribution is 6.02. The van der Waals surface area contributed by atoms with Gasteiger partial charge in [0, 0.05) is 25.9 Å². The van der Waals surface area contributed by atoms with Gasteiger partial charge in [-0.05, 0) is 27.7 Å². The van der Waals surface area contributed by atoms with Crippen molar-refractivity contribution in [1.82, 2.24) is 9.80 Å². The Kier molecular flexibility index (Phi) is 4.04. The fourth-order valence-corrected chi connectivity index (χ4v) is 1.79. The van der Waals surface area contributed by atoms with Crippen molar-refractivity contribution in [2.75, 3.05) is 20.6 Å². The maximum Gasteiger partial charge on any atom is 0.411 e. The minimum Gasteiger partial charge on any atom is -0.444 e. The van der Waals surface area contributed by atoms with Crippen LogP contribution in [-0.4, -0.2) is 54.0 Å². The van der Waals surface area contributed by atoms with Crippen LogP contribution in [0, 0.1) is 0 Å².